The number of carbonyl (C=O) groups excluding carboxylic acids is 1. The van der Waals surface area contributed by atoms with Crippen molar-refractivity contribution in [2.24, 2.45) is 0 Å². The fourth-order valence-electron chi connectivity index (χ4n) is 3.35. The molecule has 124 valence electrons. The molecule has 0 radical (unpaired) electrons. The number of rotatable bonds is 2. The van der Waals surface area contributed by atoms with Crippen LogP contribution in [0.4, 0.5) is 10.7 Å². The smallest absolute Gasteiger partial charge is 0.410 e. The highest BCUT2D eigenvalue weighted by atomic mass is 16.6. The zero-order valence-corrected chi connectivity index (χ0v) is 13.6. The maximum atomic E-state index is 11.7. The average molecular weight is 325 g/mol. The van der Waals surface area contributed by atoms with E-state index in [1.54, 1.807) is 30.5 Å². The van der Waals surface area contributed by atoms with Gasteiger partial charge in [0, 0.05) is 57.1 Å². The van der Waals surface area contributed by atoms with Gasteiger partial charge in [0.25, 0.3) is 0 Å². The van der Waals surface area contributed by atoms with Gasteiger partial charge in [-0.15, -0.1) is 0 Å². The average Bonchev–Trinajstić information content (AvgIpc) is 2.90. The lowest BCUT2D eigenvalue weighted by atomic mass is 9.91. The predicted octanol–water partition coefficient (Wildman–Crippen LogP) is 1.96. The molecule has 2 aromatic heterocycles. The largest absolute Gasteiger partial charge is 0.441 e. The first-order valence-corrected chi connectivity index (χ1v) is 8.08. The van der Waals surface area contributed by atoms with Gasteiger partial charge in [-0.3, -0.25) is 4.98 Å². The van der Waals surface area contributed by atoms with E-state index in [0.717, 1.165) is 43.1 Å². The van der Waals surface area contributed by atoms with E-state index in [1.165, 1.54) is 0 Å². The number of piperidine rings is 1. The first-order chi connectivity index (χ1) is 11.7. The molecular weight excluding hydrogens is 306 g/mol. The Labute approximate surface area is 140 Å². The number of pyridine rings is 1. The molecule has 0 N–H and O–H groups in total. The van der Waals surface area contributed by atoms with E-state index in [-0.39, 0.29) is 11.7 Å². The third-order valence-electron chi connectivity index (χ3n) is 4.72. The quantitative estimate of drug-likeness (QED) is 0.840. The van der Waals surface area contributed by atoms with Crippen LogP contribution in [0.3, 0.4) is 0 Å². The van der Waals surface area contributed by atoms with Gasteiger partial charge in [0.15, 0.2) is 0 Å². The summed E-state index contributed by atoms with van der Waals surface area (Å²) in [6.45, 7) is 2.22. The molecule has 2 fully saturated rings. The van der Waals surface area contributed by atoms with Gasteiger partial charge >= 0.3 is 6.09 Å². The molecule has 0 aromatic carbocycles. The third-order valence-corrected chi connectivity index (χ3v) is 4.72. The number of hydrogen-bond acceptors (Lipinski definition) is 6. The Kier molecular flexibility index (Phi) is 3.55. The summed E-state index contributed by atoms with van der Waals surface area (Å²) in [5.74, 6) is 0.719. The van der Waals surface area contributed by atoms with Crippen LogP contribution in [0.1, 0.15) is 12.8 Å². The zero-order chi connectivity index (χ0) is 16.6. The Balaban J connectivity index is 1.49. The molecule has 1 amide bonds. The van der Waals surface area contributed by atoms with Crippen molar-refractivity contribution in [2.75, 3.05) is 31.6 Å². The molecule has 0 bridgehead atoms. The lowest BCUT2D eigenvalue weighted by Gasteiger charge is -2.37. The molecule has 0 atom stereocenters. The molecule has 0 saturated carbocycles. The Morgan fingerprint density at radius 2 is 1.88 bits per heavy atom. The maximum Gasteiger partial charge on any atom is 0.410 e. The molecule has 0 unspecified atom stereocenters. The van der Waals surface area contributed by atoms with Gasteiger partial charge in [-0.1, -0.05) is 0 Å². The van der Waals surface area contributed by atoms with Crippen molar-refractivity contribution < 1.29 is 9.53 Å². The summed E-state index contributed by atoms with van der Waals surface area (Å²) >= 11 is 0. The number of nitrogens with zero attached hydrogens (tertiary/aromatic N) is 5. The maximum absolute atomic E-state index is 11.7. The topological polar surface area (TPSA) is 71.5 Å². The van der Waals surface area contributed by atoms with Gasteiger partial charge in [0.2, 0.25) is 5.95 Å². The van der Waals surface area contributed by atoms with Crippen molar-refractivity contribution in [1.82, 2.24) is 19.9 Å². The van der Waals surface area contributed by atoms with Crippen molar-refractivity contribution in [1.29, 1.82) is 0 Å². The van der Waals surface area contributed by atoms with Gasteiger partial charge < -0.3 is 14.5 Å². The Bertz CT molecular complexity index is 744. The van der Waals surface area contributed by atoms with Gasteiger partial charge in [0.1, 0.15) is 5.60 Å². The van der Waals surface area contributed by atoms with Gasteiger partial charge in [-0.2, -0.15) is 0 Å². The third kappa shape index (κ3) is 2.66. The molecule has 0 aliphatic carbocycles. The number of aromatic nitrogens is 3. The first-order valence-electron chi connectivity index (χ1n) is 8.08. The second-order valence-electron chi connectivity index (χ2n) is 6.37. The zero-order valence-electron chi connectivity index (χ0n) is 13.6. The van der Waals surface area contributed by atoms with Crippen molar-refractivity contribution in [3.05, 3.63) is 36.8 Å². The number of likely N-dealkylation sites (N-methyl/N-ethyl adjacent to an activating group) is 1. The Morgan fingerprint density at radius 3 is 2.54 bits per heavy atom. The highest BCUT2D eigenvalue weighted by Gasteiger charge is 2.45. The lowest BCUT2D eigenvalue weighted by Crippen LogP contribution is -2.47. The van der Waals surface area contributed by atoms with Crippen LogP contribution in [-0.2, 0) is 4.74 Å². The lowest BCUT2D eigenvalue weighted by molar-refractivity contribution is 0.0364. The van der Waals surface area contributed by atoms with Crippen LogP contribution < -0.4 is 4.90 Å². The molecule has 1 spiro atoms. The van der Waals surface area contributed by atoms with Crippen LogP contribution in [0.5, 0.6) is 0 Å². The molecule has 7 nitrogen and oxygen atoms in total. The Hall–Kier alpha value is -2.70. The Morgan fingerprint density at radius 1 is 1.12 bits per heavy atom. The number of hydrogen-bond donors (Lipinski definition) is 0. The van der Waals surface area contributed by atoms with E-state index in [4.69, 9.17) is 4.74 Å². The second-order valence-corrected chi connectivity index (χ2v) is 6.37. The summed E-state index contributed by atoms with van der Waals surface area (Å²) in [5, 5.41) is 0. The summed E-state index contributed by atoms with van der Waals surface area (Å²) in [6.07, 6.45) is 6.67. The predicted molar refractivity (Wildman–Crippen MR) is 88.6 cm³/mol. The van der Waals surface area contributed by atoms with Gasteiger partial charge in [-0.05, 0) is 18.2 Å². The molecule has 2 saturated heterocycles. The molecular formula is C17H19N5O2. The first kappa shape index (κ1) is 14.9. The van der Waals surface area contributed by atoms with Crippen LogP contribution >= 0.6 is 0 Å². The van der Waals surface area contributed by atoms with E-state index in [9.17, 15) is 4.79 Å². The highest BCUT2D eigenvalue weighted by molar-refractivity contribution is 5.70. The van der Waals surface area contributed by atoms with Crippen molar-refractivity contribution in [3.8, 4) is 11.3 Å². The van der Waals surface area contributed by atoms with Crippen molar-refractivity contribution >= 4 is 12.0 Å². The van der Waals surface area contributed by atoms with E-state index in [2.05, 4.69) is 19.9 Å². The van der Waals surface area contributed by atoms with Crippen LogP contribution in [0.25, 0.3) is 11.3 Å². The van der Waals surface area contributed by atoms with Crippen LogP contribution in [0, 0.1) is 0 Å². The number of ether oxygens (including phenoxy) is 1. The summed E-state index contributed by atoms with van der Waals surface area (Å²) in [5.41, 5.74) is 1.56. The standard InChI is InChI=1S/C17H19N5O2/c1-21-12-17(24-16(21)23)5-10-22(11-6-17)15-19-9-4-14(20-15)13-2-7-18-8-3-13/h2-4,7-9H,5-6,10-12H2,1H3. The number of anilines is 1. The van der Waals surface area contributed by atoms with Crippen LogP contribution in [0.2, 0.25) is 0 Å². The minimum atomic E-state index is -0.342. The highest BCUT2D eigenvalue weighted by Crippen LogP contribution is 2.33. The van der Waals surface area contributed by atoms with Gasteiger partial charge in [-0.25, -0.2) is 14.8 Å². The normalized spacial score (nSPS) is 19.6. The van der Waals surface area contributed by atoms with E-state index in [1.807, 2.05) is 18.2 Å². The molecule has 4 rings (SSSR count). The summed E-state index contributed by atoms with van der Waals surface area (Å²) < 4.78 is 5.59. The molecule has 2 aliphatic heterocycles. The van der Waals surface area contributed by atoms with Crippen LogP contribution in [0.15, 0.2) is 36.8 Å². The minimum absolute atomic E-state index is 0.223. The molecule has 24 heavy (non-hydrogen) atoms. The molecule has 2 aromatic rings. The summed E-state index contributed by atoms with van der Waals surface area (Å²) in [7, 11) is 1.78. The number of carbonyl (C=O) groups is 1. The SMILES string of the molecule is CN1CC2(CCN(c3nccc(-c4ccncc4)n3)CC2)OC1=O. The van der Waals surface area contributed by atoms with Crippen molar-refractivity contribution in [3.63, 3.8) is 0 Å². The van der Waals surface area contributed by atoms with E-state index >= 15 is 0 Å². The monoisotopic (exact) mass is 325 g/mol. The summed E-state index contributed by atoms with van der Waals surface area (Å²) in [6, 6.07) is 5.77. The van der Waals surface area contributed by atoms with E-state index < -0.39 is 0 Å². The van der Waals surface area contributed by atoms with Crippen LogP contribution in [-0.4, -0.2) is 58.2 Å². The van der Waals surface area contributed by atoms with Crippen molar-refractivity contribution in [2.45, 2.75) is 18.4 Å². The van der Waals surface area contributed by atoms with Gasteiger partial charge in [0.05, 0.1) is 12.2 Å². The van der Waals surface area contributed by atoms with E-state index in [0.29, 0.717) is 6.54 Å². The fourth-order valence-corrected chi connectivity index (χ4v) is 3.35. The summed E-state index contributed by atoms with van der Waals surface area (Å²) in [4.78, 5) is 28.6. The molecule has 7 heteroatoms. The number of amides is 1. The molecule has 2 aliphatic rings. The fraction of sp³-hybridized carbons (Fsp3) is 0.412. The second kappa shape index (κ2) is 5.74. The molecule has 4 heterocycles. The minimum Gasteiger partial charge on any atom is -0.441 e.